The molecule has 1 heterocycles. The number of rotatable bonds is 1. The maximum atomic E-state index is 6.43. The van der Waals surface area contributed by atoms with Gasteiger partial charge in [0.1, 0.15) is 0 Å². The SMILES string of the molecule is C=C[C@]1(C)CC[C@@H]2C(C)(C)CCC[C@@]2(C)O1. The number of hydrogen-bond donors (Lipinski definition) is 0. The van der Waals surface area contributed by atoms with Crippen molar-refractivity contribution in [2.24, 2.45) is 11.3 Å². The van der Waals surface area contributed by atoms with Crippen molar-refractivity contribution in [1.82, 2.24) is 0 Å². The molecule has 0 amide bonds. The van der Waals surface area contributed by atoms with Gasteiger partial charge in [-0.3, -0.25) is 0 Å². The van der Waals surface area contributed by atoms with E-state index in [1.54, 1.807) is 0 Å². The molecule has 2 aliphatic rings. The van der Waals surface area contributed by atoms with Crippen LogP contribution in [0.15, 0.2) is 12.7 Å². The third-order valence-electron chi connectivity index (χ3n) is 5.00. The second-order valence-electron chi connectivity index (χ2n) is 6.86. The third-order valence-corrected chi connectivity index (χ3v) is 5.00. The molecular weight excluding hydrogens is 196 g/mol. The highest BCUT2D eigenvalue weighted by Crippen LogP contribution is 2.54. The van der Waals surface area contributed by atoms with Crippen molar-refractivity contribution >= 4 is 0 Å². The fourth-order valence-electron chi connectivity index (χ4n) is 4.05. The minimum atomic E-state index is -0.0985. The van der Waals surface area contributed by atoms with Crippen molar-refractivity contribution in [3.63, 3.8) is 0 Å². The van der Waals surface area contributed by atoms with Crippen LogP contribution in [-0.4, -0.2) is 11.2 Å². The van der Waals surface area contributed by atoms with Gasteiger partial charge in [0.2, 0.25) is 0 Å². The van der Waals surface area contributed by atoms with Gasteiger partial charge in [0, 0.05) is 0 Å². The van der Waals surface area contributed by atoms with E-state index in [1.807, 2.05) is 6.08 Å². The summed E-state index contributed by atoms with van der Waals surface area (Å²) in [7, 11) is 0. The summed E-state index contributed by atoms with van der Waals surface area (Å²) < 4.78 is 6.43. The molecule has 16 heavy (non-hydrogen) atoms. The van der Waals surface area contributed by atoms with Crippen LogP contribution in [0.1, 0.15) is 59.8 Å². The van der Waals surface area contributed by atoms with E-state index in [0.717, 1.165) is 6.42 Å². The Bertz CT molecular complexity index is 294. The Hall–Kier alpha value is -0.300. The minimum absolute atomic E-state index is 0.0724. The van der Waals surface area contributed by atoms with Crippen LogP contribution in [0.5, 0.6) is 0 Å². The molecule has 0 aromatic rings. The monoisotopic (exact) mass is 222 g/mol. The summed E-state index contributed by atoms with van der Waals surface area (Å²) in [6, 6.07) is 0. The van der Waals surface area contributed by atoms with Gasteiger partial charge in [0.05, 0.1) is 11.2 Å². The Morgan fingerprint density at radius 3 is 2.44 bits per heavy atom. The number of ether oxygens (including phenoxy) is 1. The van der Waals surface area contributed by atoms with Gasteiger partial charge in [0.25, 0.3) is 0 Å². The van der Waals surface area contributed by atoms with Crippen LogP contribution in [-0.2, 0) is 4.74 Å². The molecule has 92 valence electrons. The second-order valence-corrected chi connectivity index (χ2v) is 6.86. The summed E-state index contributed by atoms with van der Waals surface area (Å²) in [5.74, 6) is 0.710. The Kier molecular flexibility index (Phi) is 2.73. The predicted molar refractivity (Wildman–Crippen MR) is 68.4 cm³/mol. The molecule has 0 aromatic carbocycles. The lowest BCUT2D eigenvalue weighted by Crippen LogP contribution is -2.56. The minimum Gasteiger partial charge on any atom is -0.365 e. The van der Waals surface area contributed by atoms with Crippen LogP contribution in [0.3, 0.4) is 0 Å². The van der Waals surface area contributed by atoms with Crippen molar-refractivity contribution in [3.8, 4) is 0 Å². The number of hydrogen-bond acceptors (Lipinski definition) is 1. The number of fused-ring (bicyclic) bond motifs is 1. The summed E-state index contributed by atoms with van der Waals surface area (Å²) >= 11 is 0. The molecule has 1 saturated heterocycles. The first-order valence-electron chi connectivity index (χ1n) is 6.65. The van der Waals surface area contributed by atoms with Gasteiger partial charge in [-0.1, -0.05) is 26.3 Å². The van der Waals surface area contributed by atoms with Crippen molar-refractivity contribution in [3.05, 3.63) is 12.7 Å². The van der Waals surface area contributed by atoms with Gasteiger partial charge in [-0.15, -0.1) is 6.58 Å². The highest BCUT2D eigenvalue weighted by molar-refractivity contribution is 5.07. The molecular formula is C15H26O. The molecule has 1 aliphatic carbocycles. The molecule has 2 rings (SSSR count). The fourth-order valence-corrected chi connectivity index (χ4v) is 4.05. The Balaban J connectivity index is 2.26. The molecule has 1 nitrogen and oxygen atoms in total. The quantitative estimate of drug-likeness (QED) is 0.600. The normalized spacial score (nSPS) is 47.1. The smallest absolute Gasteiger partial charge is 0.0839 e. The summed E-state index contributed by atoms with van der Waals surface area (Å²) in [4.78, 5) is 0. The summed E-state index contributed by atoms with van der Waals surface area (Å²) in [5, 5.41) is 0. The predicted octanol–water partition coefficient (Wildman–Crippen LogP) is 4.33. The first-order chi connectivity index (χ1) is 7.31. The molecule has 1 saturated carbocycles. The van der Waals surface area contributed by atoms with Crippen molar-refractivity contribution in [2.45, 2.75) is 71.0 Å². The Morgan fingerprint density at radius 1 is 1.12 bits per heavy atom. The topological polar surface area (TPSA) is 9.23 Å². The third kappa shape index (κ3) is 1.84. The van der Waals surface area contributed by atoms with Crippen LogP contribution in [0, 0.1) is 11.3 Å². The highest BCUT2D eigenvalue weighted by atomic mass is 16.5. The molecule has 2 fully saturated rings. The molecule has 3 atom stereocenters. The molecule has 0 bridgehead atoms. The molecule has 0 aromatic heterocycles. The van der Waals surface area contributed by atoms with Crippen LogP contribution in [0.4, 0.5) is 0 Å². The zero-order valence-corrected chi connectivity index (χ0v) is 11.3. The van der Waals surface area contributed by atoms with Crippen LogP contribution in [0.25, 0.3) is 0 Å². The van der Waals surface area contributed by atoms with E-state index in [-0.39, 0.29) is 11.2 Å². The first-order valence-corrected chi connectivity index (χ1v) is 6.65. The molecule has 0 radical (unpaired) electrons. The largest absolute Gasteiger partial charge is 0.365 e. The summed E-state index contributed by atoms with van der Waals surface area (Å²) in [5.41, 5.74) is 0.414. The van der Waals surface area contributed by atoms with E-state index in [9.17, 15) is 0 Å². The summed E-state index contributed by atoms with van der Waals surface area (Å²) in [6.07, 6.45) is 8.27. The fraction of sp³-hybridized carbons (Fsp3) is 0.867. The molecule has 0 unspecified atom stereocenters. The zero-order chi connectivity index (χ0) is 12.0. The average molecular weight is 222 g/mol. The maximum Gasteiger partial charge on any atom is 0.0839 e. The standard InChI is InChI=1S/C15H26O/c1-6-14(4)11-8-12-13(2,3)9-7-10-15(12,5)16-14/h6,12H,1,7-11H2,2-5H3/t12-,14-,15-/m1/s1. The van der Waals surface area contributed by atoms with Gasteiger partial charge in [0.15, 0.2) is 0 Å². The van der Waals surface area contributed by atoms with Gasteiger partial charge in [-0.05, 0) is 50.9 Å². The lowest BCUT2D eigenvalue weighted by Gasteiger charge is -2.57. The average Bonchev–Trinajstić information content (AvgIpc) is 2.15. The van der Waals surface area contributed by atoms with Crippen molar-refractivity contribution < 1.29 is 4.74 Å². The van der Waals surface area contributed by atoms with E-state index >= 15 is 0 Å². The second kappa shape index (κ2) is 3.60. The van der Waals surface area contributed by atoms with Crippen molar-refractivity contribution in [2.75, 3.05) is 0 Å². The van der Waals surface area contributed by atoms with E-state index in [0.29, 0.717) is 11.3 Å². The van der Waals surface area contributed by atoms with Gasteiger partial charge < -0.3 is 4.74 Å². The van der Waals surface area contributed by atoms with Gasteiger partial charge in [-0.25, -0.2) is 0 Å². The molecule has 1 aliphatic heterocycles. The van der Waals surface area contributed by atoms with E-state index in [1.165, 1.54) is 25.7 Å². The first kappa shape index (κ1) is 12.2. The van der Waals surface area contributed by atoms with Gasteiger partial charge >= 0.3 is 0 Å². The van der Waals surface area contributed by atoms with Crippen LogP contribution < -0.4 is 0 Å². The van der Waals surface area contributed by atoms with Crippen molar-refractivity contribution in [1.29, 1.82) is 0 Å². The van der Waals surface area contributed by atoms with Gasteiger partial charge in [-0.2, -0.15) is 0 Å². The van der Waals surface area contributed by atoms with E-state index in [2.05, 4.69) is 34.3 Å². The van der Waals surface area contributed by atoms with E-state index < -0.39 is 0 Å². The lowest BCUT2D eigenvalue weighted by molar-refractivity contribution is -0.221. The summed E-state index contributed by atoms with van der Waals surface area (Å²) in [6.45, 7) is 13.3. The molecule has 0 N–H and O–H groups in total. The molecule has 0 spiro atoms. The molecule has 1 heteroatoms. The van der Waals surface area contributed by atoms with Crippen LogP contribution >= 0.6 is 0 Å². The Labute approximate surface area is 100 Å². The lowest BCUT2D eigenvalue weighted by atomic mass is 9.58. The van der Waals surface area contributed by atoms with E-state index in [4.69, 9.17) is 4.74 Å². The zero-order valence-electron chi connectivity index (χ0n) is 11.3. The highest BCUT2D eigenvalue weighted by Gasteiger charge is 2.52. The Morgan fingerprint density at radius 2 is 1.81 bits per heavy atom. The maximum absolute atomic E-state index is 6.43. The van der Waals surface area contributed by atoms with Crippen LogP contribution in [0.2, 0.25) is 0 Å².